The van der Waals surface area contributed by atoms with Crippen LogP contribution in [-0.2, 0) is 0 Å². The average molecular weight is 224 g/mol. The number of hydrogen-bond acceptors (Lipinski definition) is 0. The van der Waals surface area contributed by atoms with Crippen LogP contribution in [0.2, 0.25) is 0 Å². The molecule has 0 nitrogen and oxygen atoms in total. The molecule has 0 aromatic heterocycles. The lowest BCUT2D eigenvalue weighted by molar-refractivity contribution is 0.435. The van der Waals surface area contributed by atoms with Gasteiger partial charge >= 0.3 is 0 Å². The predicted octanol–water partition coefficient (Wildman–Crippen LogP) is 4.92. The van der Waals surface area contributed by atoms with Crippen molar-refractivity contribution in [3.8, 4) is 0 Å². The zero-order valence-electron chi connectivity index (χ0n) is 10.9. The molecule has 1 fully saturated rings. The summed E-state index contributed by atoms with van der Waals surface area (Å²) >= 11 is 0. The fourth-order valence-electron chi connectivity index (χ4n) is 2.28. The van der Waals surface area contributed by atoms with E-state index >= 15 is 0 Å². The van der Waals surface area contributed by atoms with Gasteiger partial charge in [-0.25, -0.2) is 4.39 Å². The summed E-state index contributed by atoms with van der Waals surface area (Å²) in [6.45, 7) is 10.4. The van der Waals surface area contributed by atoms with Gasteiger partial charge in [-0.2, -0.15) is 0 Å². The van der Waals surface area contributed by atoms with Crippen LogP contribution < -0.4 is 0 Å². The molecule has 1 aliphatic rings. The molecule has 1 saturated carbocycles. The van der Waals surface area contributed by atoms with Crippen molar-refractivity contribution < 1.29 is 4.39 Å². The smallest absolute Gasteiger partial charge is 0.110 e. The van der Waals surface area contributed by atoms with Crippen molar-refractivity contribution in [3.63, 3.8) is 0 Å². The summed E-state index contributed by atoms with van der Waals surface area (Å²) in [5.74, 6) is 1.21. The second-order valence-corrected chi connectivity index (χ2v) is 5.33. The minimum atomic E-state index is -0.593. The van der Waals surface area contributed by atoms with Gasteiger partial charge in [0.15, 0.2) is 0 Å². The zero-order chi connectivity index (χ0) is 12.1. The van der Waals surface area contributed by atoms with E-state index in [1.807, 2.05) is 6.08 Å². The van der Waals surface area contributed by atoms with Crippen molar-refractivity contribution in [1.29, 1.82) is 0 Å². The van der Waals surface area contributed by atoms with Crippen LogP contribution >= 0.6 is 0 Å². The second kappa shape index (κ2) is 6.22. The molecule has 0 aliphatic heterocycles. The summed E-state index contributed by atoms with van der Waals surface area (Å²) in [7, 11) is 0. The van der Waals surface area contributed by atoms with Gasteiger partial charge in [0, 0.05) is 5.92 Å². The molecule has 0 aromatic rings. The van der Waals surface area contributed by atoms with E-state index in [-0.39, 0.29) is 11.8 Å². The first-order valence-corrected chi connectivity index (χ1v) is 6.57. The van der Waals surface area contributed by atoms with E-state index in [4.69, 9.17) is 0 Å². The quantitative estimate of drug-likeness (QED) is 0.538. The predicted molar refractivity (Wildman–Crippen MR) is 69.1 cm³/mol. The molecule has 2 unspecified atom stereocenters. The van der Waals surface area contributed by atoms with Crippen LogP contribution in [-0.4, -0.2) is 6.17 Å². The highest BCUT2D eigenvalue weighted by Gasteiger charge is 2.47. The van der Waals surface area contributed by atoms with Gasteiger partial charge in [-0.15, -0.1) is 0 Å². The molecule has 1 aliphatic carbocycles. The fourth-order valence-corrected chi connectivity index (χ4v) is 2.28. The Morgan fingerprint density at radius 3 is 2.56 bits per heavy atom. The third-order valence-corrected chi connectivity index (χ3v) is 3.52. The SMILES string of the molecule is C=C/C(=C\[C@H]1C(F)C1CC)CCCC(C)C. The highest BCUT2D eigenvalue weighted by molar-refractivity contribution is 5.22. The lowest BCUT2D eigenvalue weighted by Crippen LogP contribution is -1.89. The van der Waals surface area contributed by atoms with E-state index in [1.165, 1.54) is 18.4 Å². The van der Waals surface area contributed by atoms with Crippen LogP contribution in [0.1, 0.15) is 46.5 Å². The Morgan fingerprint density at radius 2 is 2.12 bits per heavy atom. The average Bonchev–Trinajstić information content (AvgIpc) is 2.86. The Kier molecular flexibility index (Phi) is 5.24. The number of alkyl halides is 1. The van der Waals surface area contributed by atoms with E-state index < -0.39 is 6.17 Å². The highest BCUT2D eigenvalue weighted by atomic mass is 19.1. The molecule has 16 heavy (non-hydrogen) atoms. The van der Waals surface area contributed by atoms with Crippen molar-refractivity contribution in [1.82, 2.24) is 0 Å². The number of rotatable bonds is 7. The van der Waals surface area contributed by atoms with Crippen molar-refractivity contribution in [2.75, 3.05) is 0 Å². The number of halogens is 1. The number of hydrogen-bond donors (Lipinski definition) is 0. The fraction of sp³-hybridized carbons (Fsp3) is 0.733. The number of allylic oxidation sites excluding steroid dienone is 3. The minimum absolute atomic E-state index is 0.178. The van der Waals surface area contributed by atoms with E-state index in [1.54, 1.807) is 0 Å². The van der Waals surface area contributed by atoms with Crippen LogP contribution in [0.4, 0.5) is 4.39 Å². The normalized spacial score (nSPS) is 29.6. The van der Waals surface area contributed by atoms with E-state index in [2.05, 4.69) is 33.4 Å². The van der Waals surface area contributed by atoms with Gasteiger partial charge < -0.3 is 0 Å². The van der Waals surface area contributed by atoms with Gasteiger partial charge in [0.25, 0.3) is 0 Å². The Labute approximate surface area is 99.6 Å². The lowest BCUT2D eigenvalue weighted by atomic mass is 10.0. The van der Waals surface area contributed by atoms with Gasteiger partial charge in [-0.05, 0) is 31.1 Å². The summed E-state index contributed by atoms with van der Waals surface area (Å²) in [5.41, 5.74) is 1.24. The molecular formula is C15H25F. The standard InChI is InChI=1S/C15H25F/c1-5-12(9-7-8-11(3)4)10-14-13(6-2)15(14)16/h5,10-11,13-15H,1,6-9H2,2-4H3/b12-10+/t13?,14-,15?/m1/s1. The zero-order valence-corrected chi connectivity index (χ0v) is 10.9. The summed E-state index contributed by atoms with van der Waals surface area (Å²) in [5, 5.41) is 0. The maximum atomic E-state index is 13.3. The van der Waals surface area contributed by atoms with E-state index in [0.29, 0.717) is 0 Å². The van der Waals surface area contributed by atoms with Crippen LogP contribution in [0.3, 0.4) is 0 Å². The molecular weight excluding hydrogens is 199 g/mol. The molecule has 0 heterocycles. The summed E-state index contributed by atoms with van der Waals surface area (Å²) < 4.78 is 13.3. The first kappa shape index (κ1) is 13.5. The van der Waals surface area contributed by atoms with Crippen molar-refractivity contribution >= 4 is 0 Å². The Bertz CT molecular complexity index is 252. The third-order valence-electron chi connectivity index (χ3n) is 3.52. The molecule has 92 valence electrons. The van der Waals surface area contributed by atoms with E-state index in [9.17, 15) is 4.39 Å². The summed E-state index contributed by atoms with van der Waals surface area (Å²) in [6, 6.07) is 0. The molecule has 1 rings (SSSR count). The van der Waals surface area contributed by atoms with Crippen LogP contribution in [0.15, 0.2) is 24.3 Å². The highest BCUT2D eigenvalue weighted by Crippen LogP contribution is 2.46. The molecule has 0 saturated heterocycles. The molecule has 1 heteroatoms. The van der Waals surface area contributed by atoms with Gasteiger partial charge in [0.2, 0.25) is 0 Å². The van der Waals surface area contributed by atoms with Crippen molar-refractivity contribution in [2.24, 2.45) is 17.8 Å². The lowest BCUT2D eigenvalue weighted by Gasteiger charge is -2.05. The van der Waals surface area contributed by atoms with Gasteiger partial charge in [-0.1, -0.05) is 51.5 Å². The molecule has 0 aromatic carbocycles. The van der Waals surface area contributed by atoms with Crippen LogP contribution in [0.5, 0.6) is 0 Å². The first-order chi connectivity index (χ1) is 7.60. The van der Waals surface area contributed by atoms with Crippen molar-refractivity contribution in [2.45, 2.75) is 52.6 Å². The molecule has 0 amide bonds. The Morgan fingerprint density at radius 1 is 1.44 bits per heavy atom. The molecule has 0 N–H and O–H groups in total. The molecule has 0 spiro atoms. The van der Waals surface area contributed by atoms with Crippen molar-refractivity contribution in [3.05, 3.63) is 24.3 Å². The maximum Gasteiger partial charge on any atom is 0.110 e. The maximum absolute atomic E-state index is 13.3. The monoisotopic (exact) mass is 224 g/mol. The van der Waals surface area contributed by atoms with E-state index in [0.717, 1.165) is 18.8 Å². The third kappa shape index (κ3) is 3.77. The Hall–Kier alpha value is -0.590. The molecule has 0 bridgehead atoms. The first-order valence-electron chi connectivity index (χ1n) is 6.57. The van der Waals surface area contributed by atoms with Crippen LogP contribution in [0.25, 0.3) is 0 Å². The second-order valence-electron chi connectivity index (χ2n) is 5.33. The topological polar surface area (TPSA) is 0 Å². The van der Waals surface area contributed by atoms with Gasteiger partial charge in [-0.3, -0.25) is 0 Å². The Balaban J connectivity index is 2.36. The van der Waals surface area contributed by atoms with Gasteiger partial charge in [0.1, 0.15) is 6.17 Å². The summed E-state index contributed by atoms with van der Waals surface area (Å²) in [6.07, 6.45) is 7.87. The summed E-state index contributed by atoms with van der Waals surface area (Å²) in [4.78, 5) is 0. The largest absolute Gasteiger partial charge is 0.246 e. The van der Waals surface area contributed by atoms with Gasteiger partial charge in [0.05, 0.1) is 0 Å². The minimum Gasteiger partial charge on any atom is -0.246 e. The molecule has 0 radical (unpaired) electrons. The van der Waals surface area contributed by atoms with Crippen LogP contribution in [0, 0.1) is 17.8 Å². The molecule has 3 atom stereocenters.